The SMILES string of the molecule is Cc1cc([N+](=O)[O-])c(/C=C/N(C)Cc2nc([N+](=O)[O-])c(/C=C/N(C)C)cc2Br)cc1Br. The summed E-state index contributed by atoms with van der Waals surface area (Å²) in [6, 6.07) is 4.84. The van der Waals surface area contributed by atoms with Crippen LogP contribution in [0.3, 0.4) is 0 Å². The number of pyridine rings is 1. The summed E-state index contributed by atoms with van der Waals surface area (Å²) in [6.07, 6.45) is 6.62. The minimum absolute atomic E-state index is 0.00248. The number of nitro groups is 2. The molecule has 0 unspecified atom stereocenters. The average Bonchev–Trinajstić information content (AvgIpc) is 2.68. The molecule has 0 amide bonds. The molecule has 31 heavy (non-hydrogen) atoms. The van der Waals surface area contributed by atoms with Gasteiger partial charge < -0.3 is 19.9 Å². The van der Waals surface area contributed by atoms with Crippen molar-refractivity contribution in [3.63, 3.8) is 0 Å². The highest BCUT2D eigenvalue weighted by Crippen LogP contribution is 2.29. The maximum Gasteiger partial charge on any atom is 0.371 e. The van der Waals surface area contributed by atoms with Crippen molar-refractivity contribution in [1.82, 2.24) is 14.8 Å². The monoisotopic (exact) mass is 553 g/mol. The number of nitro benzene ring substituents is 1. The number of hydrogen-bond donors (Lipinski definition) is 0. The number of halogens is 2. The molecule has 0 fully saturated rings. The Hall–Kier alpha value is -2.79. The molecule has 0 N–H and O–H groups in total. The predicted molar refractivity (Wildman–Crippen MR) is 127 cm³/mol. The van der Waals surface area contributed by atoms with Gasteiger partial charge in [-0.15, -0.1) is 0 Å². The minimum Gasteiger partial charge on any atom is -0.383 e. The van der Waals surface area contributed by atoms with E-state index in [1.807, 2.05) is 14.1 Å². The first-order chi connectivity index (χ1) is 14.5. The summed E-state index contributed by atoms with van der Waals surface area (Å²) in [5.74, 6) is -0.244. The van der Waals surface area contributed by atoms with E-state index < -0.39 is 9.85 Å². The summed E-state index contributed by atoms with van der Waals surface area (Å²) in [4.78, 5) is 29.6. The maximum atomic E-state index is 11.5. The molecule has 0 aliphatic carbocycles. The summed E-state index contributed by atoms with van der Waals surface area (Å²) in [6.45, 7) is 2.04. The Bertz CT molecular complexity index is 1070. The van der Waals surface area contributed by atoms with Crippen molar-refractivity contribution in [2.75, 3.05) is 21.1 Å². The lowest BCUT2D eigenvalue weighted by Gasteiger charge is -2.13. The largest absolute Gasteiger partial charge is 0.383 e. The summed E-state index contributed by atoms with van der Waals surface area (Å²) < 4.78 is 1.39. The third-order valence-electron chi connectivity index (χ3n) is 4.19. The van der Waals surface area contributed by atoms with Gasteiger partial charge in [-0.1, -0.05) is 15.9 Å². The highest BCUT2D eigenvalue weighted by Gasteiger charge is 2.20. The second-order valence-electron chi connectivity index (χ2n) is 7.01. The first kappa shape index (κ1) is 24.5. The highest BCUT2D eigenvalue weighted by atomic mass is 79.9. The van der Waals surface area contributed by atoms with Gasteiger partial charge in [0.2, 0.25) is 0 Å². The summed E-state index contributed by atoms with van der Waals surface area (Å²) in [5, 5.41) is 22.8. The lowest BCUT2D eigenvalue weighted by Crippen LogP contribution is -2.13. The molecule has 0 saturated carbocycles. The second-order valence-corrected chi connectivity index (χ2v) is 8.72. The smallest absolute Gasteiger partial charge is 0.371 e. The van der Waals surface area contributed by atoms with Crippen molar-refractivity contribution in [3.8, 4) is 0 Å². The van der Waals surface area contributed by atoms with Crippen molar-refractivity contribution in [2.45, 2.75) is 13.5 Å². The molecule has 11 heteroatoms. The molecule has 0 saturated heterocycles. The van der Waals surface area contributed by atoms with Crippen molar-refractivity contribution < 1.29 is 9.85 Å². The molecular formula is C20H21Br2N5O4. The molecule has 0 atom stereocenters. The van der Waals surface area contributed by atoms with Gasteiger partial charge in [0.15, 0.2) is 5.69 Å². The normalized spacial score (nSPS) is 11.3. The molecule has 0 bridgehead atoms. The Morgan fingerprint density at radius 3 is 2.16 bits per heavy atom. The Morgan fingerprint density at radius 2 is 1.58 bits per heavy atom. The second kappa shape index (κ2) is 10.5. The number of nitrogens with zero attached hydrogens (tertiary/aromatic N) is 5. The van der Waals surface area contributed by atoms with Crippen LogP contribution in [0, 0.1) is 27.2 Å². The van der Waals surface area contributed by atoms with E-state index in [9.17, 15) is 20.2 Å². The molecule has 0 spiro atoms. The van der Waals surface area contributed by atoms with Crippen LogP contribution in [0.5, 0.6) is 0 Å². The highest BCUT2D eigenvalue weighted by molar-refractivity contribution is 9.10. The summed E-state index contributed by atoms with van der Waals surface area (Å²) >= 11 is 6.82. The van der Waals surface area contributed by atoms with Gasteiger partial charge in [-0.05, 0) is 68.8 Å². The Morgan fingerprint density at radius 1 is 0.968 bits per heavy atom. The van der Waals surface area contributed by atoms with E-state index in [1.165, 1.54) is 6.07 Å². The molecular weight excluding hydrogens is 534 g/mol. The fraction of sp³-hybridized carbons (Fsp3) is 0.250. The van der Waals surface area contributed by atoms with Crippen LogP contribution in [0.4, 0.5) is 11.5 Å². The summed E-state index contributed by atoms with van der Waals surface area (Å²) in [5.41, 5.74) is 2.06. The maximum absolute atomic E-state index is 11.5. The van der Waals surface area contributed by atoms with Gasteiger partial charge >= 0.3 is 5.82 Å². The molecule has 1 heterocycles. The van der Waals surface area contributed by atoms with Gasteiger partial charge in [-0.25, -0.2) is 0 Å². The van der Waals surface area contributed by atoms with Crippen LogP contribution in [-0.2, 0) is 6.54 Å². The molecule has 0 aliphatic rings. The molecule has 0 aliphatic heterocycles. The molecule has 2 aromatic rings. The van der Waals surface area contributed by atoms with Crippen LogP contribution >= 0.6 is 31.9 Å². The third kappa shape index (κ3) is 6.59. The Balaban J connectivity index is 2.31. The molecule has 9 nitrogen and oxygen atoms in total. The van der Waals surface area contributed by atoms with Crippen LogP contribution in [0.15, 0.2) is 39.5 Å². The number of benzene rings is 1. The number of aromatic nitrogens is 1. The van der Waals surface area contributed by atoms with E-state index >= 15 is 0 Å². The lowest BCUT2D eigenvalue weighted by atomic mass is 10.1. The van der Waals surface area contributed by atoms with Crippen molar-refractivity contribution in [1.29, 1.82) is 0 Å². The van der Waals surface area contributed by atoms with Crippen LogP contribution < -0.4 is 0 Å². The van der Waals surface area contributed by atoms with Crippen molar-refractivity contribution in [3.05, 3.63) is 82.2 Å². The zero-order chi connectivity index (χ0) is 23.3. The minimum atomic E-state index is -0.520. The van der Waals surface area contributed by atoms with Crippen LogP contribution in [0.25, 0.3) is 12.2 Å². The van der Waals surface area contributed by atoms with E-state index in [1.54, 1.807) is 60.5 Å². The zero-order valence-electron chi connectivity index (χ0n) is 17.4. The van der Waals surface area contributed by atoms with E-state index in [2.05, 4.69) is 36.8 Å². The van der Waals surface area contributed by atoms with E-state index in [4.69, 9.17) is 0 Å². The standard InChI is InChI=1S/C20H21Br2N5O4/c1-13-9-19(26(28)29)14(10-16(13)21)6-8-25(4)12-18-17(22)11-15(5-7-24(2)3)20(23-18)27(30)31/h5-11H,12H2,1-4H3/b7-5+,8-6+. The van der Waals surface area contributed by atoms with Crippen molar-refractivity contribution >= 4 is 55.5 Å². The van der Waals surface area contributed by atoms with Gasteiger partial charge in [0.05, 0.1) is 27.1 Å². The zero-order valence-corrected chi connectivity index (χ0v) is 20.5. The lowest BCUT2D eigenvalue weighted by molar-refractivity contribution is -0.389. The van der Waals surface area contributed by atoms with E-state index in [0.29, 0.717) is 21.3 Å². The van der Waals surface area contributed by atoms with Crippen LogP contribution in [0.1, 0.15) is 22.4 Å². The van der Waals surface area contributed by atoms with Gasteiger partial charge in [0.1, 0.15) is 0 Å². The first-order valence-corrected chi connectivity index (χ1v) is 10.6. The van der Waals surface area contributed by atoms with Crippen LogP contribution in [0.2, 0.25) is 0 Å². The van der Waals surface area contributed by atoms with Crippen LogP contribution in [-0.4, -0.2) is 45.8 Å². The average molecular weight is 555 g/mol. The fourth-order valence-electron chi connectivity index (χ4n) is 2.61. The number of aryl methyl sites for hydroxylation is 1. The van der Waals surface area contributed by atoms with Gasteiger partial charge in [0, 0.05) is 37.9 Å². The van der Waals surface area contributed by atoms with Gasteiger partial charge in [0.25, 0.3) is 5.69 Å². The fourth-order valence-corrected chi connectivity index (χ4v) is 3.43. The Kier molecular flexibility index (Phi) is 8.28. The molecule has 2 rings (SSSR count). The van der Waals surface area contributed by atoms with Gasteiger partial charge in [-0.3, -0.25) is 10.1 Å². The molecule has 1 aromatic carbocycles. The topological polar surface area (TPSA) is 106 Å². The molecule has 164 valence electrons. The quantitative estimate of drug-likeness (QED) is 0.319. The van der Waals surface area contributed by atoms with Gasteiger partial charge in [-0.2, -0.15) is 0 Å². The van der Waals surface area contributed by atoms with E-state index in [0.717, 1.165) is 10.0 Å². The summed E-state index contributed by atoms with van der Waals surface area (Å²) in [7, 11) is 5.39. The van der Waals surface area contributed by atoms with Crippen molar-refractivity contribution in [2.24, 2.45) is 0 Å². The molecule has 0 radical (unpaired) electrons. The number of hydrogen-bond acceptors (Lipinski definition) is 7. The molecule has 1 aromatic heterocycles. The third-order valence-corrected chi connectivity index (χ3v) is 5.74. The predicted octanol–water partition coefficient (Wildman–Crippen LogP) is 5.37. The number of rotatable bonds is 8. The Labute approximate surface area is 196 Å². The first-order valence-electron chi connectivity index (χ1n) is 9.01. The van der Waals surface area contributed by atoms with E-state index in [-0.39, 0.29) is 18.1 Å².